The molecule has 0 fully saturated rings. The number of nitrogen functional groups attached to an aromatic ring is 1. The van der Waals surface area contributed by atoms with Gasteiger partial charge in [0.2, 0.25) is 0 Å². The van der Waals surface area contributed by atoms with Gasteiger partial charge in [0.05, 0.1) is 21.8 Å². The third kappa shape index (κ3) is 4.79. The van der Waals surface area contributed by atoms with Crippen LogP contribution in [0.15, 0.2) is 64.1 Å². The lowest BCUT2D eigenvalue weighted by Crippen LogP contribution is -2.10. The highest BCUT2D eigenvalue weighted by atomic mass is 35.5. The van der Waals surface area contributed by atoms with Gasteiger partial charge in [-0.3, -0.25) is 9.11 Å². The fraction of sp³-hybridized carbons (Fsp3) is 0.208. The summed E-state index contributed by atoms with van der Waals surface area (Å²) < 4.78 is 26.3. The number of benzene rings is 2. The van der Waals surface area contributed by atoms with E-state index in [0.717, 1.165) is 16.7 Å². The van der Waals surface area contributed by atoms with Crippen molar-refractivity contribution < 1.29 is 13.6 Å². The average molecular weight is 500 g/mol. The van der Waals surface area contributed by atoms with Crippen LogP contribution in [-0.4, -0.2) is 36.5 Å². The molecule has 0 aliphatic heterocycles. The van der Waals surface area contributed by atoms with Crippen LogP contribution >= 0.6 is 22.2 Å². The molecule has 5 N–H and O–H groups in total. The molecule has 34 heavy (non-hydrogen) atoms. The van der Waals surface area contributed by atoms with Crippen LogP contribution in [0.2, 0.25) is 5.02 Å². The molecule has 0 amide bonds. The zero-order chi connectivity index (χ0) is 24.5. The molecule has 0 saturated heterocycles. The molecule has 4 aromatic rings. The third-order valence-electron chi connectivity index (χ3n) is 5.39. The summed E-state index contributed by atoms with van der Waals surface area (Å²) >= 11 is 6.46. The Morgan fingerprint density at radius 1 is 1.09 bits per heavy atom. The van der Waals surface area contributed by atoms with Crippen LogP contribution in [-0.2, 0) is 6.54 Å². The second-order valence-corrected chi connectivity index (χ2v) is 11.1. The van der Waals surface area contributed by atoms with Gasteiger partial charge >= 0.3 is 0 Å². The molecule has 178 valence electrons. The first-order valence-electron chi connectivity index (χ1n) is 10.6. The van der Waals surface area contributed by atoms with E-state index in [9.17, 15) is 9.11 Å². The molecule has 0 aliphatic rings. The van der Waals surface area contributed by atoms with Crippen LogP contribution in [0.25, 0.3) is 34.0 Å². The van der Waals surface area contributed by atoms with Crippen molar-refractivity contribution in [3.05, 3.63) is 65.3 Å². The second-order valence-electron chi connectivity index (χ2n) is 8.08. The fourth-order valence-electron chi connectivity index (χ4n) is 3.41. The molecule has 4 rings (SSSR count). The normalized spacial score (nSPS) is 12.3. The summed E-state index contributed by atoms with van der Waals surface area (Å²) in [4.78, 5) is 9.37. The molecule has 0 atom stereocenters. The smallest absolute Gasteiger partial charge is 0.189 e. The van der Waals surface area contributed by atoms with Crippen LogP contribution in [0.3, 0.4) is 0 Å². The van der Waals surface area contributed by atoms with Crippen molar-refractivity contribution in [3.8, 4) is 34.0 Å². The largest absolute Gasteiger partial charge is 0.382 e. The summed E-state index contributed by atoms with van der Waals surface area (Å²) in [5, 5.41) is 7.52. The van der Waals surface area contributed by atoms with Crippen molar-refractivity contribution in [2.24, 2.45) is 0 Å². The Morgan fingerprint density at radius 2 is 1.82 bits per heavy atom. The van der Waals surface area contributed by atoms with Crippen LogP contribution < -0.4 is 11.1 Å². The molecular weight excluding hydrogens is 474 g/mol. The van der Waals surface area contributed by atoms with E-state index >= 15 is 0 Å². The fourth-order valence-corrected chi connectivity index (χ4v) is 4.79. The number of nitrogens with zero attached hydrogens (tertiary/aromatic N) is 3. The average Bonchev–Trinajstić information content (AvgIpc) is 3.29. The van der Waals surface area contributed by atoms with Gasteiger partial charge < -0.3 is 15.6 Å². The first kappa shape index (κ1) is 24.2. The van der Waals surface area contributed by atoms with E-state index in [4.69, 9.17) is 21.9 Å². The first-order chi connectivity index (χ1) is 16.2. The van der Waals surface area contributed by atoms with Gasteiger partial charge in [0.25, 0.3) is 0 Å². The number of nitrogens with two attached hydrogens (primary N) is 1. The number of rotatable bonds is 7. The number of anilines is 1. The van der Waals surface area contributed by atoms with Gasteiger partial charge in [-0.15, -0.1) is 0 Å². The molecule has 0 radical (unpaired) electrons. The van der Waals surface area contributed by atoms with E-state index < -0.39 is 10.6 Å². The quantitative estimate of drug-likeness (QED) is 0.246. The highest BCUT2D eigenvalue weighted by Gasteiger charge is 2.21. The lowest BCUT2D eigenvalue weighted by molar-refractivity contribution is 0.434. The molecular formula is C24H26ClN5O3S. The van der Waals surface area contributed by atoms with Gasteiger partial charge in [-0.25, -0.2) is 9.97 Å². The second kappa shape index (κ2) is 9.73. The summed E-state index contributed by atoms with van der Waals surface area (Å²) in [6, 6.07) is 14.4. The number of nitrogens with one attached hydrogen (secondary N) is 1. The Labute approximate surface area is 204 Å². The van der Waals surface area contributed by atoms with Crippen molar-refractivity contribution in [2.75, 3.05) is 12.8 Å². The summed E-state index contributed by atoms with van der Waals surface area (Å²) in [6.45, 7) is 4.26. The van der Waals surface area contributed by atoms with Crippen molar-refractivity contribution in [2.45, 2.75) is 30.5 Å². The minimum absolute atomic E-state index is 0.201. The maximum atomic E-state index is 10.4. The molecule has 0 saturated carbocycles. The zero-order valence-electron chi connectivity index (χ0n) is 19.0. The Balaban J connectivity index is 1.65. The molecule has 0 spiro atoms. The Kier molecular flexibility index (Phi) is 6.92. The molecule has 0 aliphatic carbocycles. The molecule has 2 aromatic carbocycles. The maximum absolute atomic E-state index is 10.4. The monoisotopic (exact) mass is 499 g/mol. The van der Waals surface area contributed by atoms with Crippen LogP contribution in [0.5, 0.6) is 0 Å². The summed E-state index contributed by atoms with van der Waals surface area (Å²) in [6.07, 6.45) is 1.56. The van der Waals surface area contributed by atoms with Gasteiger partial charge in [0.1, 0.15) is 5.69 Å². The Bertz CT molecular complexity index is 1310. The number of hydrogen-bond donors (Lipinski definition) is 4. The lowest BCUT2D eigenvalue weighted by Gasteiger charge is -2.36. The van der Waals surface area contributed by atoms with Crippen LogP contribution in [0, 0.1) is 0 Å². The van der Waals surface area contributed by atoms with Gasteiger partial charge in [-0.1, -0.05) is 41.0 Å². The SMILES string of the molecule is CNCc1ccc(-c2cc(-c3nc(-c4ccc(S(O)(O)C(C)C)cc4)cnc3N)on2)c(Cl)c1. The maximum Gasteiger partial charge on any atom is 0.189 e. The van der Waals surface area contributed by atoms with Crippen molar-refractivity contribution in [3.63, 3.8) is 0 Å². The van der Waals surface area contributed by atoms with E-state index in [0.29, 0.717) is 39.3 Å². The minimum Gasteiger partial charge on any atom is -0.382 e. The first-order valence-corrected chi connectivity index (χ1v) is 12.6. The molecule has 2 aromatic heterocycles. The number of halogens is 1. The highest BCUT2D eigenvalue weighted by molar-refractivity contribution is 8.24. The molecule has 0 unspecified atom stereocenters. The number of hydrogen-bond acceptors (Lipinski definition) is 8. The summed E-state index contributed by atoms with van der Waals surface area (Å²) in [5.74, 6) is 0.565. The zero-order valence-corrected chi connectivity index (χ0v) is 20.6. The van der Waals surface area contributed by atoms with E-state index in [1.54, 1.807) is 50.4 Å². The van der Waals surface area contributed by atoms with Gasteiger partial charge in [0.15, 0.2) is 17.3 Å². The topological polar surface area (TPSA) is 130 Å². The summed E-state index contributed by atoms with van der Waals surface area (Å²) in [7, 11) is -0.987. The number of aromatic nitrogens is 3. The van der Waals surface area contributed by atoms with Crippen molar-refractivity contribution in [1.29, 1.82) is 0 Å². The van der Waals surface area contributed by atoms with Crippen LogP contribution in [0.1, 0.15) is 19.4 Å². The third-order valence-corrected chi connectivity index (χ3v) is 7.98. The minimum atomic E-state index is -2.86. The van der Waals surface area contributed by atoms with E-state index in [-0.39, 0.29) is 11.1 Å². The van der Waals surface area contributed by atoms with Crippen molar-refractivity contribution in [1.82, 2.24) is 20.4 Å². The van der Waals surface area contributed by atoms with E-state index in [1.165, 1.54) is 0 Å². The molecule has 10 heteroatoms. The van der Waals surface area contributed by atoms with Crippen molar-refractivity contribution >= 4 is 28.0 Å². The highest BCUT2D eigenvalue weighted by Crippen LogP contribution is 2.52. The molecule has 0 bridgehead atoms. The van der Waals surface area contributed by atoms with E-state index in [1.807, 2.05) is 25.2 Å². The van der Waals surface area contributed by atoms with Crippen LogP contribution in [0.4, 0.5) is 5.82 Å². The predicted octanol–water partition coefficient (Wildman–Crippen LogP) is 5.94. The Hall–Kier alpha value is -2.95. The van der Waals surface area contributed by atoms with Gasteiger partial charge in [-0.05, 0) is 44.7 Å². The van der Waals surface area contributed by atoms with Gasteiger partial charge in [0, 0.05) is 29.0 Å². The van der Waals surface area contributed by atoms with E-state index in [2.05, 4.69) is 20.4 Å². The molecule has 8 nitrogen and oxygen atoms in total. The lowest BCUT2D eigenvalue weighted by atomic mass is 10.1. The molecule has 2 heterocycles. The summed E-state index contributed by atoms with van der Waals surface area (Å²) in [5.41, 5.74) is 10.1. The van der Waals surface area contributed by atoms with Gasteiger partial charge in [-0.2, -0.15) is 10.6 Å². The Morgan fingerprint density at radius 3 is 2.47 bits per heavy atom. The standard InChI is InChI=1S/C24H26ClN5O3S/c1-14(2)34(31,32)17-7-5-16(6-8-17)21-13-28-24(26)23(29-21)22-11-20(30-33-22)18-9-4-15(12-27-3)10-19(18)25/h4-11,13-14,27,31-32H,12H2,1-3H3,(H2,26,28). The predicted molar refractivity (Wildman–Crippen MR) is 137 cm³/mol.